The Hall–Kier alpha value is -0.613. The maximum atomic E-state index is 12.6. The molecule has 2 heterocycles. The summed E-state index contributed by atoms with van der Waals surface area (Å²) in [6, 6.07) is 0.269. The second-order valence-corrected chi connectivity index (χ2v) is 12.2. The van der Waals surface area contributed by atoms with Crippen molar-refractivity contribution in [3.63, 3.8) is 0 Å². The maximum Gasteiger partial charge on any atom is 0.249 e. The van der Waals surface area contributed by atoms with Gasteiger partial charge in [0.15, 0.2) is 8.32 Å². The van der Waals surface area contributed by atoms with Crippen molar-refractivity contribution < 1.29 is 9.22 Å². The molecule has 4 heteroatoms. The van der Waals surface area contributed by atoms with E-state index < -0.39 is 8.32 Å². The Morgan fingerprint density at radius 3 is 2.60 bits per heavy atom. The molecular formula is C16H29NO2Si. The van der Waals surface area contributed by atoms with E-state index in [-0.39, 0.29) is 17.6 Å². The first-order chi connectivity index (χ1) is 9.12. The van der Waals surface area contributed by atoms with Crippen LogP contribution >= 0.6 is 0 Å². The molecule has 0 saturated carbocycles. The number of rotatable bonds is 3. The molecule has 2 atom stereocenters. The first-order valence-corrected chi connectivity index (χ1v) is 11.2. The monoisotopic (exact) mass is 295 g/mol. The van der Waals surface area contributed by atoms with Crippen LogP contribution in [-0.2, 0) is 9.22 Å². The number of hydrogen-bond donors (Lipinski definition) is 0. The minimum atomic E-state index is -1.63. The summed E-state index contributed by atoms with van der Waals surface area (Å²) in [5.74, 6) is 0.655. The van der Waals surface area contributed by atoms with Crippen LogP contribution in [0.15, 0.2) is 11.6 Å². The molecule has 0 unspecified atom stereocenters. The van der Waals surface area contributed by atoms with Crippen LogP contribution in [0.3, 0.4) is 0 Å². The topological polar surface area (TPSA) is 29.5 Å². The third kappa shape index (κ3) is 3.17. The molecule has 0 spiro atoms. The average molecular weight is 295 g/mol. The Labute approximate surface area is 124 Å². The van der Waals surface area contributed by atoms with Crippen LogP contribution in [0.4, 0.5) is 0 Å². The zero-order chi connectivity index (χ0) is 15.1. The quantitative estimate of drug-likeness (QED) is 0.588. The molecule has 0 radical (unpaired) electrons. The van der Waals surface area contributed by atoms with Crippen molar-refractivity contribution in [1.82, 2.24) is 4.90 Å². The Bertz CT molecular complexity index is 425. The molecule has 2 rings (SSSR count). The molecule has 0 N–H and O–H groups in total. The van der Waals surface area contributed by atoms with Crippen molar-refractivity contribution in [2.24, 2.45) is 5.92 Å². The minimum Gasteiger partial charge on any atom is -0.410 e. The number of amides is 1. The van der Waals surface area contributed by atoms with E-state index in [9.17, 15) is 4.79 Å². The highest BCUT2D eigenvalue weighted by Crippen LogP contribution is 2.41. The van der Waals surface area contributed by atoms with Gasteiger partial charge >= 0.3 is 0 Å². The van der Waals surface area contributed by atoms with Gasteiger partial charge in [0.2, 0.25) is 5.91 Å². The van der Waals surface area contributed by atoms with Gasteiger partial charge < -0.3 is 9.33 Å². The van der Waals surface area contributed by atoms with Crippen LogP contribution in [0.2, 0.25) is 19.6 Å². The molecule has 0 aliphatic carbocycles. The lowest BCUT2D eigenvalue weighted by atomic mass is 9.82. The van der Waals surface area contributed by atoms with Gasteiger partial charge in [0, 0.05) is 18.5 Å². The van der Waals surface area contributed by atoms with E-state index >= 15 is 0 Å². The van der Waals surface area contributed by atoms with E-state index in [1.165, 1.54) is 0 Å². The fourth-order valence-corrected chi connectivity index (χ4v) is 5.34. The molecule has 0 aromatic carbocycles. The number of carbonyl (C=O) groups is 1. The highest BCUT2D eigenvalue weighted by atomic mass is 28.4. The predicted molar refractivity (Wildman–Crippen MR) is 85.1 cm³/mol. The van der Waals surface area contributed by atoms with E-state index in [1.54, 1.807) is 0 Å². The zero-order valence-electron chi connectivity index (χ0n) is 13.8. The summed E-state index contributed by atoms with van der Waals surface area (Å²) in [6.07, 6.45) is 5.09. The third-order valence-corrected chi connectivity index (χ3v) is 5.19. The molecule has 3 nitrogen and oxygen atoms in total. The van der Waals surface area contributed by atoms with Crippen molar-refractivity contribution in [2.75, 3.05) is 6.54 Å². The first-order valence-electron chi connectivity index (χ1n) is 7.84. The minimum absolute atomic E-state index is 0.199. The Morgan fingerprint density at radius 2 is 2.05 bits per heavy atom. The average Bonchev–Trinajstić information content (AvgIpc) is 2.72. The van der Waals surface area contributed by atoms with E-state index in [0.29, 0.717) is 5.92 Å². The summed E-state index contributed by atoms with van der Waals surface area (Å²) in [6.45, 7) is 14.1. The summed E-state index contributed by atoms with van der Waals surface area (Å²) in [5, 5.41) is 0. The molecule has 1 amide bonds. The van der Waals surface area contributed by atoms with Crippen molar-refractivity contribution >= 4 is 14.2 Å². The largest absolute Gasteiger partial charge is 0.410 e. The molecular weight excluding hydrogens is 266 g/mol. The zero-order valence-corrected chi connectivity index (χ0v) is 14.8. The molecule has 0 bridgehead atoms. The summed E-state index contributed by atoms with van der Waals surface area (Å²) in [4.78, 5) is 14.7. The van der Waals surface area contributed by atoms with Gasteiger partial charge in [0.05, 0.1) is 11.6 Å². The fraction of sp³-hybridized carbons (Fsp3) is 0.812. The number of carbonyl (C=O) groups excluding carboxylic acids is 1. The van der Waals surface area contributed by atoms with E-state index in [2.05, 4.69) is 51.4 Å². The van der Waals surface area contributed by atoms with Crippen LogP contribution < -0.4 is 0 Å². The number of piperidine rings is 1. The third-order valence-electron chi connectivity index (χ3n) is 4.11. The van der Waals surface area contributed by atoms with Gasteiger partial charge in [-0.1, -0.05) is 19.9 Å². The number of allylic oxidation sites excluding steroid dienone is 1. The van der Waals surface area contributed by atoms with Gasteiger partial charge in [0.25, 0.3) is 0 Å². The lowest BCUT2D eigenvalue weighted by Gasteiger charge is -2.48. The van der Waals surface area contributed by atoms with Gasteiger partial charge in [-0.25, -0.2) is 0 Å². The Morgan fingerprint density at radius 1 is 1.40 bits per heavy atom. The van der Waals surface area contributed by atoms with E-state index in [0.717, 1.165) is 31.4 Å². The van der Waals surface area contributed by atoms with Gasteiger partial charge in [-0.15, -0.1) is 0 Å². The molecule has 2 saturated heterocycles. The smallest absolute Gasteiger partial charge is 0.249 e. The standard InChI is InChI=1S/C16H29NO2Si/c1-12(2)10-13-11-16(3,19-20(4,5)6)14-8-7-9-17(14)15(13)18/h10,12,14H,7-9,11H2,1-6H3/b13-10-/t14-,16-/m0/s1. The van der Waals surface area contributed by atoms with Crippen molar-refractivity contribution in [1.29, 1.82) is 0 Å². The molecule has 0 aromatic rings. The SMILES string of the molecule is CC(C)/C=C1/C[C@](C)(O[Si](C)(C)C)[C@@H]2CCCN2C1=O. The van der Waals surface area contributed by atoms with Crippen molar-refractivity contribution in [2.45, 2.75) is 71.3 Å². The fourth-order valence-electron chi connectivity index (χ4n) is 3.74. The first kappa shape index (κ1) is 15.8. The Balaban J connectivity index is 2.34. The number of hydrogen-bond acceptors (Lipinski definition) is 2. The number of nitrogens with zero attached hydrogens (tertiary/aromatic N) is 1. The normalized spacial score (nSPS) is 33.1. The summed E-state index contributed by atoms with van der Waals surface area (Å²) < 4.78 is 6.54. The van der Waals surface area contributed by atoms with Crippen LogP contribution in [0.1, 0.15) is 40.0 Å². The molecule has 0 aromatic heterocycles. The summed E-state index contributed by atoms with van der Waals surface area (Å²) >= 11 is 0. The van der Waals surface area contributed by atoms with Gasteiger partial charge in [-0.3, -0.25) is 4.79 Å². The molecule has 2 aliphatic rings. The maximum absolute atomic E-state index is 12.6. The van der Waals surface area contributed by atoms with Crippen LogP contribution in [0.25, 0.3) is 0 Å². The molecule has 2 aliphatic heterocycles. The highest BCUT2D eigenvalue weighted by molar-refractivity contribution is 6.69. The Kier molecular flexibility index (Phi) is 4.18. The van der Waals surface area contributed by atoms with Crippen molar-refractivity contribution in [3.05, 3.63) is 11.6 Å². The molecule has 2 fully saturated rings. The highest BCUT2D eigenvalue weighted by Gasteiger charge is 2.50. The van der Waals surface area contributed by atoms with Gasteiger partial charge in [-0.2, -0.15) is 0 Å². The molecule has 114 valence electrons. The number of fused-ring (bicyclic) bond motifs is 1. The van der Waals surface area contributed by atoms with Gasteiger partial charge in [0.1, 0.15) is 0 Å². The second kappa shape index (κ2) is 5.30. The van der Waals surface area contributed by atoms with E-state index in [1.807, 2.05) is 0 Å². The molecule has 20 heavy (non-hydrogen) atoms. The summed E-state index contributed by atoms with van der Waals surface area (Å²) in [7, 11) is -1.63. The van der Waals surface area contributed by atoms with Crippen LogP contribution in [0.5, 0.6) is 0 Å². The van der Waals surface area contributed by atoms with Crippen LogP contribution in [-0.4, -0.2) is 37.3 Å². The lowest BCUT2D eigenvalue weighted by Crippen LogP contribution is -2.59. The van der Waals surface area contributed by atoms with E-state index in [4.69, 9.17) is 4.43 Å². The van der Waals surface area contributed by atoms with Gasteiger partial charge in [-0.05, 0) is 45.3 Å². The van der Waals surface area contributed by atoms with Crippen molar-refractivity contribution in [3.8, 4) is 0 Å². The van der Waals surface area contributed by atoms with Crippen LogP contribution in [0, 0.1) is 5.92 Å². The summed E-state index contributed by atoms with van der Waals surface area (Å²) in [5.41, 5.74) is 0.759. The lowest BCUT2D eigenvalue weighted by molar-refractivity contribution is -0.137. The second-order valence-electron chi connectivity index (χ2n) is 7.80. The predicted octanol–water partition coefficient (Wildman–Crippen LogP) is 3.57.